The molecule has 7 nitrogen and oxygen atoms in total. The molecule has 2 rings (SSSR count). The Morgan fingerprint density at radius 3 is 2.50 bits per heavy atom. The molecule has 1 aromatic heterocycles. The SMILES string of the molecule is CCOC(=O)c1cc(CC)sc1NC(=O)CCCNC(=O)c1ccccc1OCC. The van der Waals surface area contributed by atoms with Crippen LogP contribution in [0.5, 0.6) is 5.75 Å². The van der Waals surface area contributed by atoms with E-state index in [9.17, 15) is 14.4 Å². The predicted octanol–water partition coefficient (Wildman–Crippen LogP) is 4.03. The van der Waals surface area contributed by atoms with Gasteiger partial charge in [0.15, 0.2) is 0 Å². The molecule has 2 N–H and O–H groups in total. The maximum Gasteiger partial charge on any atom is 0.341 e. The molecule has 0 aliphatic heterocycles. The quantitative estimate of drug-likeness (QED) is 0.413. The molecule has 30 heavy (non-hydrogen) atoms. The van der Waals surface area contributed by atoms with E-state index in [4.69, 9.17) is 9.47 Å². The van der Waals surface area contributed by atoms with E-state index in [2.05, 4.69) is 10.6 Å². The van der Waals surface area contributed by atoms with E-state index in [0.717, 1.165) is 11.3 Å². The number of benzene rings is 1. The molecule has 2 amide bonds. The van der Waals surface area contributed by atoms with Gasteiger partial charge in [-0.05, 0) is 44.9 Å². The van der Waals surface area contributed by atoms with Gasteiger partial charge in [-0.25, -0.2) is 4.79 Å². The number of nitrogens with one attached hydrogen (secondary N) is 2. The smallest absolute Gasteiger partial charge is 0.341 e. The van der Waals surface area contributed by atoms with Crippen molar-refractivity contribution in [1.29, 1.82) is 0 Å². The van der Waals surface area contributed by atoms with Crippen LogP contribution in [0, 0.1) is 0 Å². The third kappa shape index (κ3) is 6.59. The zero-order chi connectivity index (χ0) is 21.9. The van der Waals surface area contributed by atoms with E-state index in [1.165, 1.54) is 11.3 Å². The maximum absolute atomic E-state index is 12.4. The number of amides is 2. The highest BCUT2D eigenvalue weighted by Crippen LogP contribution is 2.29. The Morgan fingerprint density at radius 1 is 1.03 bits per heavy atom. The largest absolute Gasteiger partial charge is 0.493 e. The third-order valence-electron chi connectivity index (χ3n) is 4.18. The minimum Gasteiger partial charge on any atom is -0.493 e. The Kier molecular flexibility index (Phi) is 9.34. The van der Waals surface area contributed by atoms with Crippen LogP contribution in [0.4, 0.5) is 5.00 Å². The lowest BCUT2D eigenvalue weighted by Crippen LogP contribution is -2.26. The van der Waals surface area contributed by atoms with Gasteiger partial charge in [-0.2, -0.15) is 0 Å². The van der Waals surface area contributed by atoms with Crippen molar-refractivity contribution < 1.29 is 23.9 Å². The number of para-hydroxylation sites is 1. The number of ether oxygens (including phenoxy) is 2. The molecule has 1 heterocycles. The second-order valence-corrected chi connectivity index (χ2v) is 7.50. The van der Waals surface area contributed by atoms with Gasteiger partial charge in [0.25, 0.3) is 5.91 Å². The fraction of sp³-hybridized carbons (Fsp3) is 0.409. The zero-order valence-corrected chi connectivity index (χ0v) is 18.4. The molecule has 162 valence electrons. The first-order chi connectivity index (χ1) is 14.5. The molecular formula is C22H28N2O5S. The third-order valence-corrected chi connectivity index (χ3v) is 5.37. The van der Waals surface area contributed by atoms with Crippen molar-refractivity contribution in [3.8, 4) is 5.75 Å². The number of hydrogen-bond acceptors (Lipinski definition) is 6. The lowest BCUT2D eigenvalue weighted by molar-refractivity contribution is -0.116. The summed E-state index contributed by atoms with van der Waals surface area (Å²) in [5, 5.41) is 6.11. The number of thiophene rings is 1. The van der Waals surface area contributed by atoms with Crippen molar-refractivity contribution in [3.05, 3.63) is 46.3 Å². The summed E-state index contributed by atoms with van der Waals surface area (Å²) in [6, 6.07) is 8.79. The number of rotatable bonds is 11. The van der Waals surface area contributed by atoms with E-state index in [1.807, 2.05) is 19.9 Å². The van der Waals surface area contributed by atoms with E-state index in [1.54, 1.807) is 31.2 Å². The van der Waals surface area contributed by atoms with Crippen LogP contribution in [0.1, 0.15) is 59.2 Å². The van der Waals surface area contributed by atoms with Crippen LogP contribution in [0.3, 0.4) is 0 Å². The average Bonchev–Trinajstić information content (AvgIpc) is 3.15. The Labute approximate surface area is 180 Å². The normalized spacial score (nSPS) is 10.4. The van der Waals surface area contributed by atoms with E-state index in [0.29, 0.717) is 41.4 Å². The number of hydrogen-bond donors (Lipinski definition) is 2. The molecule has 0 aliphatic carbocycles. The highest BCUT2D eigenvalue weighted by atomic mass is 32.1. The number of aryl methyl sites for hydroxylation is 1. The first-order valence-corrected chi connectivity index (χ1v) is 10.9. The van der Waals surface area contributed by atoms with Crippen molar-refractivity contribution in [2.75, 3.05) is 25.1 Å². The molecule has 0 aliphatic rings. The van der Waals surface area contributed by atoms with Gasteiger partial charge in [0.2, 0.25) is 5.91 Å². The van der Waals surface area contributed by atoms with Gasteiger partial charge in [0, 0.05) is 17.8 Å². The molecular weight excluding hydrogens is 404 g/mol. The predicted molar refractivity (Wildman–Crippen MR) is 117 cm³/mol. The standard InChI is InChI=1S/C22H28N2O5S/c1-4-15-14-17(22(27)29-6-3)21(30-15)24-19(25)12-9-13-23-20(26)16-10-7-8-11-18(16)28-5-2/h7-8,10-11,14H,4-6,9,12-13H2,1-3H3,(H,23,26)(H,24,25). The molecule has 0 spiro atoms. The highest BCUT2D eigenvalue weighted by Gasteiger charge is 2.18. The first kappa shape index (κ1) is 23.4. The molecule has 1 aromatic carbocycles. The Bertz CT molecular complexity index is 878. The molecule has 0 fully saturated rings. The van der Waals surface area contributed by atoms with Crippen LogP contribution >= 0.6 is 11.3 Å². The Morgan fingerprint density at radius 2 is 1.80 bits per heavy atom. The number of anilines is 1. The minimum absolute atomic E-state index is 0.214. The molecule has 8 heteroatoms. The van der Waals surface area contributed by atoms with E-state index >= 15 is 0 Å². The summed E-state index contributed by atoms with van der Waals surface area (Å²) >= 11 is 1.37. The number of carbonyl (C=O) groups is 3. The fourth-order valence-corrected chi connectivity index (χ4v) is 3.74. The minimum atomic E-state index is -0.441. The molecule has 0 saturated carbocycles. The second kappa shape index (κ2) is 12.0. The summed E-state index contributed by atoms with van der Waals surface area (Å²) in [7, 11) is 0. The number of carbonyl (C=O) groups excluding carboxylic acids is 3. The van der Waals surface area contributed by atoms with Crippen LogP contribution < -0.4 is 15.4 Å². The lowest BCUT2D eigenvalue weighted by atomic mass is 10.2. The van der Waals surface area contributed by atoms with Crippen LogP contribution in [0.15, 0.2) is 30.3 Å². The average molecular weight is 433 g/mol. The maximum atomic E-state index is 12.4. The van der Waals surface area contributed by atoms with Gasteiger partial charge in [0.1, 0.15) is 10.8 Å². The zero-order valence-electron chi connectivity index (χ0n) is 17.6. The molecule has 0 bridgehead atoms. The lowest BCUT2D eigenvalue weighted by Gasteiger charge is -2.10. The van der Waals surface area contributed by atoms with Crippen molar-refractivity contribution in [2.45, 2.75) is 40.0 Å². The summed E-state index contributed by atoms with van der Waals surface area (Å²) in [5.41, 5.74) is 0.849. The molecule has 2 aromatic rings. The van der Waals surface area contributed by atoms with Gasteiger partial charge >= 0.3 is 5.97 Å². The van der Waals surface area contributed by atoms with Crippen molar-refractivity contribution >= 4 is 34.1 Å². The molecule has 0 unspecified atom stereocenters. The van der Waals surface area contributed by atoms with Crippen LogP contribution in [-0.2, 0) is 16.0 Å². The van der Waals surface area contributed by atoms with Crippen LogP contribution in [0.25, 0.3) is 0 Å². The van der Waals surface area contributed by atoms with Crippen molar-refractivity contribution in [3.63, 3.8) is 0 Å². The van der Waals surface area contributed by atoms with E-state index in [-0.39, 0.29) is 24.8 Å². The second-order valence-electron chi connectivity index (χ2n) is 6.37. The monoisotopic (exact) mass is 432 g/mol. The Balaban J connectivity index is 1.85. The summed E-state index contributed by atoms with van der Waals surface area (Å²) < 4.78 is 10.5. The van der Waals surface area contributed by atoms with E-state index < -0.39 is 5.97 Å². The van der Waals surface area contributed by atoms with Crippen LogP contribution in [-0.4, -0.2) is 37.5 Å². The molecule has 0 saturated heterocycles. The van der Waals surface area contributed by atoms with Crippen LogP contribution in [0.2, 0.25) is 0 Å². The molecule has 0 atom stereocenters. The van der Waals surface area contributed by atoms with Gasteiger partial charge < -0.3 is 20.1 Å². The first-order valence-electron chi connectivity index (χ1n) is 10.1. The van der Waals surface area contributed by atoms with Crippen molar-refractivity contribution in [2.24, 2.45) is 0 Å². The number of esters is 1. The highest BCUT2D eigenvalue weighted by molar-refractivity contribution is 7.16. The topological polar surface area (TPSA) is 93.7 Å². The van der Waals surface area contributed by atoms with Gasteiger partial charge in [-0.1, -0.05) is 19.1 Å². The van der Waals surface area contributed by atoms with Crippen molar-refractivity contribution in [1.82, 2.24) is 5.32 Å². The molecule has 0 radical (unpaired) electrons. The van der Waals surface area contributed by atoms with Gasteiger partial charge in [0.05, 0.1) is 24.3 Å². The fourth-order valence-electron chi connectivity index (χ4n) is 2.74. The summed E-state index contributed by atoms with van der Waals surface area (Å²) in [5.74, 6) is -0.362. The van der Waals surface area contributed by atoms with Gasteiger partial charge in [-0.3, -0.25) is 9.59 Å². The summed E-state index contributed by atoms with van der Waals surface area (Å²) in [6.07, 6.45) is 1.45. The van der Waals surface area contributed by atoms with Gasteiger partial charge in [-0.15, -0.1) is 11.3 Å². The summed E-state index contributed by atoms with van der Waals surface area (Å²) in [4.78, 5) is 37.7. The Hall–Kier alpha value is -2.87. The summed E-state index contributed by atoms with van der Waals surface area (Å²) in [6.45, 7) is 6.68.